The molecule has 1 unspecified atom stereocenters. The van der Waals surface area contributed by atoms with Crippen molar-refractivity contribution in [3.05, 3.63) is 0 Å². The summed E-state index contributed by atoms with van der Waals surface area (Å²) in [5.41, 5.74) is 0. The molecular weight excluding hydrogens is 224 g/mol. The first-order valence-corrected chi connectivity index (χ1v) is 6.66. The maximum atomic E-state index is 3.92. The van der Waals surface area contributed by atoms with Crippen LogP contribution in [0.2, 0.25) is 0 Å². The van der Waals surface area contributed by atoms with Gasteiger partial charge in [-0.2, -0.15) is 0 Å². The predicted octanol–water partition coefficient (Wildman–Crippen LogP) is 5.30. The van der Waals surface area contributed by atoms with Gasteiger partial charge in [-0.05, 0) is 19.3 Å². The van der Waals surface area contributed by atoms with Crippen LogP contribution >= 0.6 is 15.9 Å². The molecule has 0 saturated carbocycles. The highest BCUT2D eigenvalue weighted by Gasteiger charge is 2.22. The molecule has 80 valence electrons. The third-order valence-electron chi connectivity index (χ3n) is 2.84. The second-order valence-electron chi connectivity index (χ2n) is 4.07. The van der Waals surface area contributed by atoms with Gasteiger partial charge in [0.1, 0.15) is 0 Å². The van der Waals surface area contributed by atoms with Crippen LogP contribution in [0, 0.1) is 0 Å². The third kappa shape index (κ3) is 6.54. The molecule has 0 fully saturated rings. The van der Waals surface area contributed by atoms with E-state index in [1.807, 2.05) is 0 Å². The SMILES string of the molecule is CCCCCC(Br)(CC)CCCC. The Morgan fingerprint density at radius 2 is 1.38 bits per heavy atom. The largest absolute Gasteiger partial charge is 0.0853 e. The Kier molecular flexibility index (Phi) is 8.13. The fourth-order valence-electron chi connectivity index (χ4n) is 1.66. The zero-order valence-electron chi connectivity index (χ0n) is 9.53. The van der Waals surface area contributed by atoms with Crippen molar-refractivity contribution in [1.82, 2.24) is 0 Å². The Labute approximate surface area is 92.6 Å². The number of rotatable bonds is 8. The third-order valence-corrected chi connectivity index (χ3v) is 4.19. The highest BCUT2D eigenvalue weighted by Crippen LogP contribution is 2.34. The number of halogens is 1. The van der Waals surface area contributed by atoms with Crippen molar-refractivity contribution in [3.8, 4) is 0 Å². The molecule has 13 heavy (non-hydrogen) atoms. The summed E-state index contributed by atoms with van der Waals surface area (Å²) in [6.45, 7) is 6.85. The molecule has 0 radical (unpaired) electrons. The summed E-state index contributed by atoms with van der Waals surface area (Å²) in [5, 5.41) is 0. The fourth-order valence-corrected chi connectivity index (χ4v) is 2.22. The van der Waals surface area contributed by atoms with E-state index < -0.39 is 0 Å². The van der Waals surface area contributed by atoms with E-state index in [0.29, 0.717) is 4.32 Å². The Bertz CT molecular complexity index is 112. The van der Waals surface area contributed by atoms with Crippen LogP contribution in [0.3, 0.4) is 0 Å². The number of unbranched alkanes of at least 4 members (excludes halogenated alkanes) is 3. The van der Waals surface area contributed by atoms with Crippen LogP contribution in [0.5, 0.6) is 0 Å². The van der Waals surface area contributed by atoms with E-state index in [-0.39, 0.29) is 0 Å². The van der Waals surface area contributed by atoms with Gasteiger partial charge < -0.3 is 0 Å². The van der Waals surface area contributed by atoms with Crippen LogP contribution in [-0.4, -0.2) is 4.32 Å². The van der Waals surface area contributed by atoms with Crippen molar-refractivity contribution in [2.24, 2.45) is 0 Å². The first-order chi connectivity index (χ1) is 6.18. The van der Waals surface area contributed by atoms with Gasteiger partial charge in [-0.25, -0.2) is 0 Å². The maximum Gasteiger partial charge on any atom is 0.0255 e. The van der Waals surface area contributed by atoms with Crippen LogP contribution in [0.4, 0.5) is 0 Å². The van der Waals surface area contributed by atoms with Crippen molar-refractivity contribution < 1.29 is 0 Å². The van der Waals surface area contributed by atoms with Crippen LogP contribution < -0.4 is 0 Å². The Hall–Kier alpha value is 0.480. The van der Waals surface area contributed by atoms with Gasteiger partial charge in [-0.1, -0.05) is 68.8 Å². The molecular formula is C12H25Br. The lowest BCUT2D eigenvalue weighted by molar-refractivity contribution is 0.456. The molecule has 0 aliphatic rings. The molecule has 0 aliphatic carbocycles. The van der Waals surface area contributed by atoms with E-state index >= 15 is 0 Å². The Balaban J connectivity index is 3.67. The monoisotopic (exact) mass is 248 g/mol. The van der Waals surface area contributed by atoms with Crippen molar-refractivity contribution >= 4 is 15.9 Å². The Morgan fingerprint density at radius 3 is 1.85 bits per heavy atom. The molecule has 0 rings (SSSR count). The van der Waals surface area contributed by atoms with Crippen molar-refractivity contribution in [1.29, 1.82) is 0 Å². The standard InChI is InChI=1S/C12H25Br/c1-4-7-9-11-12(13,6-3)10-8-5-2/h4-11H2,1-3H3. The molecule has 0 bridgehead atoms. The molecule has 0 aromatic heterocycles. The normalized spacial score (nSPS) is 15.7. The summed E-state index contributed by atoms with van der Waals surface area (Å²) in [5.74, 6) is 0. The molecule has 0 N–H and O–H groups in total. The lowest BCUT2D eigenvalue weighted by Gasteiger charge is -2.25. The average Bonchev–Trinajstić information content (AvgIpc) is 2.15. The van der Waals surface area contributed by atoms with Gasteiger partial charge in [-0.15, -0.1) is 0 Å². The van der Waals surface area contributed by atoms with E-state index in [9.17, 15) is 0 Å². The molecule has 0 spiro atoms. The number of hydrogen-bond acceptors (Lipinski definition) is 0. The quantitative estimate of drug-likeness (QED) is 0.404. The van der Waals surface area contributed by atoms with Crippen LogP contribution in [0.1, 0.15) is 72.1 Å². The van der Waals surface area contributed by atoms with E-state index in [2.05, 4.69) is 36.7 Å². The molecule has 0 nitrogen and oxygen atoms in total. The summed E-state index contributed by atoms with van der Waals surface area (Å²) in [4.78, 5) is 0. The van der Waals surface area contributed by atoms with Gasteiger partial charge in [0.2, 0.25) is 0 Å². The lowest BCUT2D eigenvalue weighted by atomic mass is 9.93. The molecule has 0 amide bonds. The zero-order chi connectivity index (χ0) is 10.2. The van der Waals surface area contributed by atoms with Crippen molar-refractivity contribution in [3.63, 3.8) is 0 Å². The first-order valence-electron chi connectivity index (χ1n) is 5.87. The predicted molar refractivity (Wildman–Crippen MR) is 65.6 cm³/mol. The van der Waals surface area contributed by atoms with Gasteiger partial charge >= 0.3 is 0 Å². The fraction of sp³-hybridized carbons (Fsp3) is 1.00. The minimum Gasteiger partial charge on any atom is -0.0853 e. The van der Waals surface area contributed by atoms with E-state index in [0.717, 1.165) is 0 Å². The van der Waals surface area contributed by atoms with Gasteiger partial charge in [-0.3, -0.25) is 0 Å². The molecule has 0 heterocycles. The zero-order valence-corrected chi connectivity index (χ0v) is 11.1. The van der Waals surface area contributed by atoms with Crippen molar-refractivity contribution in [2.45, 2.75) is 76.5 Å². The Morgan fingerprint density at radius 1 is 0.846 bits per heavy atom. The summed E-state index contributed by atoms with van der Waals surface area (Å²) < 4.78 is 0.457. The van der Waals surface area contributed by atoms with Crippen LogP contribution in [-0.2, 0) is 0 Å². The molecule has 1 atom stereocenters. The summed E-state index contributed by atoms with van der Waals surface area (Å²) in [6, 6.07) is 0. The number of alkyl halides is 1. The van der Waals surface area contributed by atoms with Crippen LogP contribution in [0.15, 0.2) is 0 Å². The number of hydrogen-bond donors (Lipinski definition) is 0. The van der Waals surface area contributed by atoms with Gasteiger partial charge in [0, 0.05) is 4.32 Å². The van der Waals surface area contributed by atoms with Gasteiger partial charge in [0.15, 0.2) is 0 Å². The molecule has 0 aromatic carbocycles. The summed E-state index contributed by atoms with van der Waals surface area (Å²) in [6.07, 6.45) is 10.8. The first kappa shape index (κ1) is 13.5. The highest BCUT2D eigenvalue weighted by atomic mass is 79.9. The summed E-state index contributed by atoms with van der Waals surface area (Å²) >= 11 is 3.92. The van der Waals surface area contributed by atoms with E-state index in [1.165, 1.54) is 51.4 Å². The molecule has 0 aliphatic heterocycles. The molecule has 0 aromatic rings. The minimum atomic E-state index is 0.457. The molecule has 1 heteroatoms. The minimum absolute atomic E-state index is 0.457. The lowest BCUT2D eigenvalue weighted by Crippen LogP contribution is -2.19. The topological polar surface area (TPSA) is 0 Å². The van der Waals surface area contributed by atoms with E-state index in [4.69, 9.17) is 0 Å². The average molecular weight is 249 g/mol. The maximum absolute atomic E-state index is 3.92. The van der Waals surface area contributed by atoms with Crippen molar-refractivity contribution in [2.75, 3.05) is 0 Å². The van der Waals surface area contributed by atoms with E-state index in [1.54, 1.807) is 0 Å². The second-order valence-corrected chi connectivity index (χ2v) is 5.75. The summed E-state index contributed by atoms with van der Waals surface area (Å²) in [7, 11) is 0. The van der Waals surface area contributed by atoms with Crippen LogP contribution in [0.25, 0.3) is 0 Å². The molecule has 0 saturated heterocycles. The smallest absolute Gasteiger partial charge is 0.0255 e. The van der Waals surface area contributed by atoms with Gasteiger partial charge in [0.05, 0.1) is 0 Å². The highest BCUT2D eigenvalue weighted by molar-refractivity contribution is 9.10. The van der Waals surface area contributed by atoms with Gasteiger partial charge in [0.25, 0.3) is 0 Å². The second kappa shape index (κ2) is 7.84.